The third-order valence-electron chi connectivity index (χ3n) is 4.78. The number of H-pyrrole nitrogens is 1. The number of aromatic amines is 1. The van der Waals surface area contributed by atoms with Crippen LogP contribution in [0.3, 0.4) is 0 Å². The number of furan rings is 1. The number of hydrogen-bond donors (Lipinski definition) is 2. The molecule has 9 heteroatoms. The van der Waals surface area contributed by atoms with Crippen molar-refractivity contribution in [2.24, 2.45) is 0 Å². The van der Waals surface area contributed by atoms with Crippen LogP contribution in [0.1, 0.15) is 41.4 Å². The fraction of sp³-hybridized carbons (Fsp3) is 0.286. The minimum Gasteiger partial charge on any atom is -0.467 e. The number of anilines is 2. The summed E-state index contributed by atoms with van der Waals surface area (Å²) < 4.78 is 20.6. The topological polar surface area (TPSA) is 114 Å². The van der Waals surface area contributed by atoms with Gasteiger partial charge in [0.15, 0.2) is 5.69 Å². The van der Waals surface area contributed by atoms with E-state index < -0.39 is 23.0 Å². The highest BCUT2D eigenvalue weighted by Crippen LogP contribution is 2.23. The number of nitrogens with two attached hydrogens (primary N) is 1. The highest BCUT2D eigenvalue weighted by Gasteiger charge is 2.26. The second-order valence-corrected chi connectivity index (χ2v) is 6.93. The number of aromatic nitrogens is 2. The number of carbonyl (C=O) groups is 1. The van der Waals surface area contributed by atoms with E-state index in [1.165, 1.54) is 23.0 Å². The molecule has 1 aromatic carbocycles. The van der Waals surface area contributed by atoms with Gasteiger partial charge in [-0.1, -0.05) is 19.4 Å². The summed E-state index contributed by atoms with van der Waals surface area (Å²) in [6, 6.07) is 7.31. The Balaban J connectivity index is 2.15. The summed E-state index contributed by atoms with van der Waals surface area (Å²) >= 11 is 0. The number of nitrogens with one attached hydrogen (secondary N) is 1. The summed E-state index contributed by atoms with van der Waals surface area (Å²) in [7, 11) is 0. The highest BCUT2D eigenvalue weighted by atomic mass is 19.1. The molecule has 0 spiro atoms. The molecule has 158 valence electrons. The van der Waals surface area contributed by atoms with E-state index in [0.29, 0.717) is 17.7 Å². The number of hydrogen-bond acceptors (Lipinski definition) is 5. The van der Waals surface area contributed by atoms with Gasteiger partial charge < -0.3 is 10.2 Å². The largest absolute Gasteiger partial charge is 0.467 e. The van der Waals surface area contributed by atoms with Crippen LogP contribution in [0.5, 0.6) is 0 Å². The molecule has 1 amide bonds. The molecule has 3 rings (SSSR count). The van der Waals surface area contributed by atoms with E-state index in [1.807, 2.05) is 6.92 Å². The number of rotatable bonds is 7. The third-order valence-corrected chi connectivity index (χ3v) is 4.78. The number of benzene rings is 1. The molecule has 3 aromatic rings. The van der Waals surface area contributed by atoms with Gasteiger partial charge in [0.05, 0.1) is 12.8 Å². The van der Waals surface area contributed by atoms with Crippen molar-refractivity contribution in [1.82, 2.24) is 9.55 Å². The van der Waals surface area contributed by atoms with E-state index in [1.54, 1.807) is 19.1 Å². The van der Waals surface area contributed by atoms with Crippen LogP contribution in [-0.4, -0.2) is 15.5 Å². The Morgan fingerprint density at radius 2 is 2.07 bits per heavy atom. The Bertz CT molecular complexity index is 1160. The molecular weight excluding hydrogens is 391 g/mol. The van der Waals surface area contributed by atoms with Gasteiger partial charge in [-0.3, -0.25) is 24.0 Å². The van der Waals surface area contributed by atoms with Gasteiger partial charge in [0.2, 0.25) is 0 Å². The molecular formula is C21H23FN4O4. The Morgan fingerprint density at radius 3 is 2.70 bits per heavy atom. The van der Waals surface area contributed by atoms with E-state index in [0.717, 1.165) is 17.4 Å². The molecule has 0 fully saturated rings. The predicted octanol–water partition coefficient (Wildman–Crippen LogP) is 2.81. The standard InChI is InChI=1S/C21H23FN4O4/c1-3-4-9-25-18(23)17(19(27)24-21(25)29)26(12-15-6-5-10-30-15)20(28)14-8-7-13(2)16(22)11-14/h5-8,10-11H,3-4,9,12,23H2,1-2H3,(H,24,27,29). The summed E-state index contributed by atoms with van der Waals surface area (Å²) in [5.74, 6) is -0.942. The van der Waals surface area contributed by atoms with Crippen LogP contribution in [0.2, 0.25) is 0 Å². The molecule has 3 N–H and O–H groups in total. The van der Waals surface area contributed by atoms with Gasteiger partial charge in [-0.25, -0.2) is 9.18 Å². The number of aryl methyl sites for hydroxylation is 1. The van der Waals surface area contributed by atoms with Crippen LogP contribution < -0.4 is 21.9 Å². The lowest BCUT2D eigenvalue weighted by Gasteiger charge is -2.24. The summed E-state index contributed by atoms with van der Waals surface area (Å²) in [4.78, 5) is 41.5. The van der Waals surface area contributed by atoms with E-state index in [4.69, 9.17) is 10.2 Å². The van der Waals surface area contributed by atoms with Crippen LogP contribution >= 0.6 is 0 Å². The molecule has 0 saturated carbocycles. The average Bonchev–Trinajstić information content (AvgIpc) is 3.21. The van der Waals surface area contributed by atoms with Crippen molar-refractivity contribution >= 4 is 17.4 Å². The number of halogens is 1. The molecule has 2 aromatic heterocycles. The first-order chi connectivity index (χ1) is 14.3. The summed E-state index contributed by atoms with van der Waals surface area (Å²) in [6.07, 6.45) is 2.89. The quantitative estimate of drug-likeness (QED) is 0.617. The zero-order valence-corrected chi connectivity index (χ0v) is 16.8. The monoisotopic (exact) mass is 414 g/mol. The summed E-state index contributed by atoms with van der Waals surface area (Å²) in [5, 5.41) is 0. The van der Waals surface area contributed by atoms with Gasteiger partial charge in [-0.05, 0) is 43.2 Å². The van der Waals surface area contributed by atoms with Crippen LogP contribution in [0.15, 0.2) is 50.6 Å². The molecule has 8 nitrogen and oxygen atoms in total. The molecule has 30 heavy (non-hydrogen) atoms. The van der Waals surface area contributed by atoms with Crippen molar-refractivity contribution in [3.8, 4) is 0 Å². The van der Waals surface area contributed by atoms with Crippen LogP contribution in [0.25, 0.3) is 0 Å². The van der Waals surface area contributed by atoms with Crippen LogP contribution in [-0.2, 0) is 13.1 Å². The van der Waals surface area contributed by atoms with Gasteiger partial charge in [0, 0.05) is 12.1 Å². The molecule has 0 atom stereocenters. The van der Waals surface area contributed by atoms with Crippen molar-refractivity contribution in [2.75, 3.05) is 10.6 Å². The maximum absolute atomic E-state index is 14.1. The maximum atomic E-state index is 14.1. The summed E-state index contributed by atoms with van der Waals surface area (Å²) in [6.45, 7) is 3.69. The molecule has 0 bridgehead atoms. The predicted molar refractivity (Wildman–Crippen MR) is 111 cm³/mol. The smallest absolute Gasteiger partial charge is 0.330 e. The first kappa shape index (κ1) is 21.1. The first-order valence-corrected chi connectivity index (χ1v) is 9.56. The lowest BCUT2D eigenvalue weighted by atomic mass is 10.1. The molecule has 0 unspecified atom stereocenters. The highest BCUT2D eigenvalue weighted by molar-refractivity contribution is 6.07. The van der Waals surface area contributed by atoms with Gasteiger partial charge >= 0.3 is 5.69 Å². The van der Waals surface area contributed by atoms with Crippen molar-refractivity contribution in [3.05, 3.63) is 80.1 Å². The molecule has 0 radical (unpaired) electrons. The van der Waals surface area contributed by atoms with Crippen LogP contribution in [0, 0.1) is 12.7 Å². The maximum Gasteiger partial charge on any atom is 0.330 e. The fourth-order valence-electron chi connectivity index (χ4n) is 3.07. The fourth-order valence-corrected chi connectivity index (χ4v) is 3.07. The molecule has 0 saturated heterocycles. The van der Waals surface area contributed by atoms with Crippen molar-refractivity contribution in [1.29, 1.82) is 0 Å². The van der Waals surface area contributed by atoms with Crippen molar-refractivity contribution in [2.45, 2.75) is 39.8 Å². The summed E-state index contributed by atoms with van der Waals surface area (Å²) in [5.41, 5.74) is 4.94. The second kappa shape index (κ2) is 8.81. The van der Waals surface area contributed by atoms with E-state index in [-0.39, 0.29) is 30.2 Å². The Hall–Kier alpha value is -3.62. The SMILES string of the molecule is CCCCn1c(N)c(N(Cc2ccco2)C(=O)c2ccc(C)c(F)c2)c(=O)[nH]c1=O. The molecule has 2 heterocycles. The molecule has 0 aliphatic heterocycles. The third kappa shape index (κ3) is 4.19. The molecule has 0 aliphatic carbocycles. The lowest BCUT2D eigenvalue weighted by molar-refractivity contribution is 0.0982. The van der Waals surface area contributed by atoms with Crippen LogP contribution in [0.4, 0.5) is 15.9 Å². The van der Waals surface area contributed by atoms with Gasteiger partial charge in [-0.2, -0.15) is 0 Å². The number of carbonyl (C=O) groups excluding carboxylic acids is 1. The normalized spacial score (nSPS) is 10.9. The average molecular weight is 414 g/mol. The first-order valence-electron chi connectivity index (χ1n) is 9.56. The van der Waals surface area contributed by atoms with E-state index in [2.05, 4.69) is 4.98 Å². The zero-order chi connectivity index (χ0) is 21.8. The Labute approximate surface area is 171 Å². The van der Waals surface area contributed by atoms with Gasteiger partial charge in [0.25, 0.3) is 11.5 Å². The number of nitrogens with zero attached hydrogens (tertiary/aromatic N) is 2. The number of amides is 1. The Morgan fingerprint density at radius 1 is 1.30 bits per heavy atom. The number of unbranched alkanes of at least 4 members (excludes halogenated alkanes) is 1. The van der Waals surface area contributed by atoms with Gasteiger partial charge in [-0.15, -0.1) is 0 Å². The van der Waals surface area contributed by atoms with Crippen molar-refractivity contribution < 1.29 is 13.6 Å². The minimum atomic E-state index is -0.808. The van der Waals surface area contributed by atoms with E-state index >= 15 is 0 Å². The Kier molecular flexibility index (Phi) is 6.20. The second-order valence-electron chi connectivity index (χ2n) is 6.93. The van der Waals surface area contributed by atoms with Gasteiger partial charge in [0.1, 0.15) is 17.4 Å². The van der Waals surface area contributed by atoms with Crippen molar-refractivity contribution in [3.63, 3.8) is 0 Å². The zero-order valence-electron chi connectivity index (χ0n) is 16.8. The molecule has 0 aliphatic rings. The lowest BCUT2D eigenvalue weighted by Crippen LogP contribution is -2.41. The van der Waals surface area contributed by atoms with E-state index in [9.17, 15) is 18.8 Å². The number of nitrogen functional groups attached to an aromatic ring is 1. The minimum absolute atomic E-state index is 0.0368.